The molecule has 0 saturated carbocycles. The van der Waals surface area contributed by atoms with E-state index >= 15 is 0 Å². The SMILES string of the molecule is Cl.OC/C=C/CBr. The second kappa shape index (κ2) is 9.69. The molecular formula is C4H8BrClO. The summed E-state index contributed by atoms with van der Waals surface area (Å²) in [6.07, 6.45) is 3.54. The van der Waals surface area contributed by atoms with Crippen molar-refractivity contribution in [3.8, 4) is 0 Å². The fourth-order valence-corrected chi connectivity index (χ4v) is 0.402. The molecule has 0 rings (SSSR count). The van der Waals surface area contributed by atoms with Crippen molar-refractivity contribution in [3.05, 3.63) is 12.2 Å². The molecule has 0 fully saturated rings. The molecule has 0 spiro atoms. The summed E-state index contributed by atoms with van der Waals surface area (Å²) in [7, 11) is 0. The van der Waals surface area contributed by atoms with E-state index in [1.54, 1.807) is 6.08 Å². The Labute approximate surface area is 58.0 Å². The number of aliphatic hydroxyl groups excluding tert-OH is 1. The number of hydrogen-bond donors (Lipinski definition) is 1. The molecule has 0 bridgehead atoms. The molecule has 0 saturated heterocycles. The van der Waals surface area contributed by atoms with Gasteiger partial charge in [-0.1, -0.05) is 28.1 Å². The minimum atomic E-state index is 0. The lowest BCUT2D eigenvalue weighted by atomic mass is 10.6. The van der Waals surface area contributed by atoms with Crippen LogP contribution >= 0.6 is 28.3 Å². The molecule has 0 radical (unpaired) electrons. The Morgan fingerprint density at radius 1 is 1.43 bits per heavy atom. The van der Waals surface area contributed by atoms with Crippen LogP contribution in [0.15, 0.2) is 12.2 Å². The first-order valence-electron chi connectivity index (χ1n) is 1.73. The summed E-state index contributed by atoms with van der Waals surface area (Å²) in [5.74, 6) is 0. The molecule has 0 aliphatic carbocycles. The smallest absolute Gasteiger partial charge is 0.0612 e. The van der Waals surface area contributed by atoms with E-state index in [0.717, 1.165) is 5.33 Å². The molecule has 0 aromatic carbocycles. The Hall–Kier alpha value is 0.470. The van der Waals surface area contributed by atoms with Crippen LogP contribution in [-0.4, -0.2) is 17.0 Å². The highest BCUT2D eigenvalue weighted by Gasteiger charge is 1.61. The monoisotopic (exact) mass is 186 g/mol. The van der Waals surface area contributed by atoms with Gasteiger partial charge in [-0.25, -0.2) is 0 Å². The Bertz CT molecular complexity index is 41.0. The van der Waals surface area contributed by atoms with Crippen LogP contribution in [0.5, 0.6) is 0 Å². The third-order valence-corrected chi connectivity index (χ3v) is 0.735. The van der Waals surface area contributed by atoms with Crippen LogP contribution < -0.4 is 0 Å². The highest BCUT2D eigenvalue weighted by molar-refractivity contribution is 9.09. The van der Waals surface area contributed by atoms with Gasteiger partial charge < -0.3 is 5.11 Å². The van der Waals surface area contributed by atoms with E-state index in [1.165, 1.54) is 0 Å². The summed E-state index contributed by atoms with van der Waals surface area (Å²) in [6.45, 7) is 0.144. The number of aliphatic hydroxyl groups is 1. The molecule has 0 aliphatic heterocycles. The van der Waals surface area contributed by atoms with Crippen LogP contribution in [0.2, 0.25) is 0 Å². The van der Waals surface area contributed by atoms with Gasteiger partial charge in [0.2, 0.25) is 0 Å². The number of halogens is 2. The van der Waals surface area contributed by atoms with Gasteiger partial charge in [0.15, 0.2) is 0 Å². The van der Waals surface area contributed by atoms with Gasteiger partial charge in [0.25, 0.3) is 0 Å². The maximum atomic E-state index is 8.09. The Balaban J connectivity index is 0. The standard InChI is InChI=1S/C4H7BrO.ClH/c5-3-1-2-4-6;/h1-2,6H,3-4H2;1H/b2-1+;. The maximum absolute atomic E-state index is 8.09. The third-order valence-electron chi connectivity index (χ3n) is 0.361. The molecule has 0 unspecified atom stereocenters. The van der Waals surface area contributed by atoms with Crippen molar-refractivity contribution in [2.75, 3.05) is 11.9 Å². The van der Waals surface area contributed by atoms with Gasteiger partial charge in [-0.2, -0.15) is 0 Å². The van der Waals surface area contributed by atoms with Gasteiger partial charge >= 0.3 is 0 Å². The molecule has 7 heavy (non-hydrogen) atoms. The lowest BCUT2D eigenvalue weighted by molar-refractivity contribution is 0.342. The lowest BCUT2D eigenvalue weighted by Crippen LogP contribution is -1.69. The molecule has 0 heterocycles. The van der Waals surface area contributed by atoms with Crippen molar-refractivity contribution in [2.24, 2.45) is 0 Å². The molecule has 0 atom stereocenters. The van der Waals surface area contributed by atoms with Crippen LogP contribution in [0.3, 0.4) is 0 Å². The average Bonchev–Trinajstić information content (AvgIpc) is 1.61. The summed E-state index contributed by atoms with van der Waals surface area (Å²) < 4.78 is 0. The van der Waals surface area contributed by atoms with Crippen molar-refractivity contribution in [2.45, 2.75) is 0 Å². The van der Waals surface area contributed by atoms with E-state index in [9.17, 15) is 0 Å². The first-order chi connectivity index (χ1) is 2.91. The van der Waals surface area contributed by atoms with E-state index in [2.05, 4.69) is 15.9 Å². The molecule has 3 heteroatoms. The van der Waals surface area contributed by atoms with E-state index in [0.29, 0.717) is 0 Å². The second-order valence-electron chi connectivity index (χ2n) is 0.808. The number of hydrogen-bond acceptors (Lipinski definition) is 1. The van der Waals surface area contributed by atoms with Crippen molar-refractivity contribution in [3.63, 3.8) is 0 Å². The van der Waals surface area contributed by atoms with Crippen molar-refractivity contribution >= 4 is 28.3 Å². The van der Waals surface area contributed by atoms with Gasteiger partial charge in [0.05, 0.1) is 6.61 Å². The van der Waals surface area contributed by atoms with Gasteiger partial charge in [0, 0.05) is 5.33 Å². The summed E-state index contributed by atoms with van der Waals surface area (Å²) in [4.78, 5) is 0. The maximum Gasteiger partial charge on any atom is 0.0612 e. The number of allylic oxidation sites excluding steroid dienone is 1. The predicted molar refractivity (Wildman–Crippen MR) is 37.3 cm³/mol. The largest absolute Gasteiger partial charge is 0.392 e. The van der Waals surface area contributed by atoms with Crippen LogP contribution in [0.1, 0.15) is 0 Å². The van der Waals surface area contributed by atoms with Crippen molar-refractivity contribution in [1.29, 1.82) is 0 Å². The molecule has 0 amide bonds. The summed E-state index contributed by atoms with van der Waals surface area (Å²) in [6, 6.07) is 0. The zero-order valence-corrected chi connectivity index (χ0v) is 6.20. The van der Waals surface area contributed by atoms with Crippen molar-refractivity contribution in [1.82, 2.24) is 0 Å². The van der Waals surface area contributed by atoms with Crippen molar-refractivity contribution < 1.29 is 5.11 Å². The highest BCUT2D eigenvalue weighted by atomic mass is 79.9. The fourth-order valence-electron chi connectivity index (χ4n) is 0.138. The topological polar surface area (TPSA) is 20.2 Å². The lowest BCUT2D eigenvalue weighted by Gasteiger charge is -1.71. The zero-order chi connectivity index (χ0) is 4.83. The van der Waals surface area contributed by atoms with Crippen LogP contribution in [-0.2, 0) is 0 Å². The average molecular weight is 187 g/mol. The van der Waals surface area contributed by atoms with Crippen LogP contribution in [0.4, 0.5) is 0 Å². The van der Waals surface area contributed by atoms with Gasteiger partial charge in [-0.15, -0.1) is 12.4 Å². The third kappa shape index (κ3) is 10.7. The zero-order valence-electron chi connectivity index (χ0n) is 3.80. The number of rotatable bonds is 2. The summed E-state index contributed by atoms with van der Waals surface area (Å²) in [5.41, 5.74) is 0. The van der Waals surface area contributed by atoms with E-state index in [1.807, 2.05) is 6.08 Å². The van der Waals surface area contributed by atoms with E-state index in [-0.39, 0.29) is 19.0 Å². The minimum absolute atomic E-state index is 0. The molecule has 44 valence electrons. The Morgan fingerprint density at radius 2 is 2.00 bits per heavy atom. The summed E-state index contributed by atoms with van der Waals surface area (Å²) in [5, 5.41) is 8.92. The minimum Gasteiger partial charge on any atom is -0.392 e. The highest BCUT2D eigenvalue weighted by Crippen LogP contribution is 1.78. The molecule has 0 aromatic rings. The second-order valence-corrected chi connectivity index (χ2v) is 1.46. The Morgan fingerprint density at radius 3 is 2.14 bits per heavy atom. The first-order valence-corrected chi connectivity index (χ1v) is 2.85. The van der Waals surface area contributed by atoms with Gasteiger partial charge in [0.1, 0.15) is 0 Å². The van der Waals surface area contributed by atoms with Gasteiger partial charge in [-0.3, -0.25) is 0 Å². The molecule has 0 aromatic heterocycles. The number of alkyl halides is 1. The first kappa shape index (κ1) is 10.5. The van der Waals surface area contributed by atoms with Crippen LogP contribution in [0.25, 0.3) is 0 Å². The fraction of sp³-hybridized carbons (Fsp3) is 0.500. The summed E-state index contributed by atoms with van der Waals surface area (Å²) >= 11 is 3.15. The molecular weight excluding hydrogens is 179 g/mol. The van der Waals surface area contributed by atoms with E-state index < -0.39 is 0 Å². The van der Waals surface area contributed by atoms with Crippen LogP contribution in [0, 0.1) is 0 Å². The molecule has 1 nitrogen and oxygen atoms in total. The quantitative estimate of drug-likeness (QED) is 0.511. The van der Waals surface area contributed by atoms with Gasteiger partial charge in [-0.05, 0) is 0 Å². The Kier molecular flexibility index (Phi) is 14.5. The molecule has 1 N–H and O–H groups in total. The molecule has 0 aliphatic rings. The van der Waals surface area contributed by atoms with E-state index in [4.69, 9.17) is 5.11 Å². The predicted octanol–water partition coefficient (Wildman–Crippen LogP) is 1.35. The normalized spacial score (nSPS) is 8.86.